The lowest BCUT2D eigenvalue weighted by atomic mass is 10.3. The van der Waals surface area contributed by atoms with Gasteiger partial charge in [-0.3, -0.25) is 0 Å². The largest absolute Gasteiger partial charge is 0.313 e. The fourth-order valence-electron chi connectivity index (χ4n) is 2.10. The van der Waals surface area contributed by atoms with Gasteiger partial charge >= 0.3 is 0 Å². The standard InChI is InChI=1S/C14H24N2O2S2/c1-3-7-15-9-13-8-14(19-11-13)20(17,18)16(4-2)10-12-5-6-12/h8,11-12,15H,3-7,9-10H2,1-2H3. The van der Waals surface area contributed by atoms with E-state index in [0.29, 0.717) is 23.2 Å². The Morgan fingerprint density at radius 1 is 1.40 bits per heavy atom. The minimum Gasteiger partial charge on any atom is -0.313 e. The van der Waals surface area contributed by atoms with E-state index < -0.39 is 10.0 Å². The Kier molecular flexibility index (Phi) is 5.60. The van der Waals surface area contributed by atoms with Crippen molar-refractivity contribution in [3.63, 3.8) is 0 Å². The highest BCUT2D eigenvalue weighted by Gasteiger charge is 2.31. The molecule has 2 rings (SSSR count). The van der Waals surface area contributed by atoms with Crippen LogP contribution in [0.2, 0.25) is 0 Å². The quantitative estimate of drug-likeness (QED) is 0.713. The second kappa shape index (κ2) is 7.02. The second-order valence-corrected chi connectivity index (χ2v) is 8.43. The SMILES string of the molecule is CCCNCc1csc(S(=O)(=O)N(CC)CC2CC2)c1. The highest BCUT2D eigenvalue weighted by Crippen LogP contribution is 2.32. The Labute approximate surface area is 126 Å². The lowest BCUT2D eigenvalue weighted by molar-refractivity contribution is 0.413. The molecule has 1 fully saturated rings. The molecular weight excluding hydrogens is 292 g/mol. The number of nitrogens with one attached hydrogen (secondary N) is 1. The summed E-state index contributed by atoms with van der Waals surface area (Å²) in [5.74, 6) is 0.579. The van der Waals surface area contributed by atoms with Crippen LogP contribution >= 0.6 is 11.3 Å². The summed E-state index contributed by atoms with van der Waals surface area (Å²) in [6, 6.07) is 1.82. The summed E-state index contributed by atoms with van der Waals surface area (Å²) in [5, 5.41) is 5.24. The Hall–Kier alpha value is -0.430. The molecular formula is C14H24N2O2S2. The lowest BCUT2D eigenvalue weighted by Crippen LogP contribution is -2.32. The zero-order valence-electron chi connectivity index (χ0n) is 12.3. The van der Waals surface area contributed by atoms with Crippen molar-refractivity contribution >= 4 is 21.4 Å². The van der Waals surface area contributed by atoms with Gasteiger partial charge in [-0.25, -0.2) is 8.42 Å². The van der Waals surface area contributed by atoms with Gasteiger partial charge in [0, 0.05) is 19.6 Å². The molecule has 1 N–H and O–H groups in total. The van der Waals surface area contributed by atoms with E-state index in [2.05, 4.69) is 12.2 Å². The highest BCUT2D eigenvalue weighted by atomic mass is 32.2. The fourth-order valence-corrected chi connectivity index (χ4v) is 4.99. The summed E-state index contributed by atoms with van der Waals surface area (Å²) in [5.41, 5.74) is 1.06. The van der Waals surface area contributed by atoms with E-state index in [4.69, 9.17) is 0 Å². The van der Waals surface area contributed by atoms with E-state index in [-0.39, 0.29) is 0 Å². The predicted molar refractivity (Wildman–Crippen MR) is 83.5 cm³/mol. The number of nitrogens with zero attached hydrogens (tertiary/aromatic N) is 1. The first-order valence-electron chi connectivity index (χ1n) is 7.36. The Morgan fingerprint density at radius 2 is 2.15 bits per heavy atom. The van der Waals surface area contributed by atoms with Gasteiger partial charge in [-0.15, -0.1) is 11.3 Å². The van der Waals surface area contributed by atoms with Gasteiger partial charge in [-0.05, 0) is 48.7 Å². The van der Waals surface area contributed by atoms with Gasteiger partial charge < -0.3 is 5.32 Å². The molecule has 1 aliphatic rings. The summed E-state index contributed by atoms with van der Waals surface area (Å²) >= 11 is 1.34. The molecule has 114 valence electrons. The van der Waals surface area contributed by atoms with E-state index in [0.717, 1.165) is 25.1 Å². The van der Waals surface area contributed by atoms with Crippen molar-refractivity contribution < 1.29 is 8.42 Å². The summed E-state index contributed by atoms with van der Waals surface area (Å²) in [4.78, 5) is 0. The zero-order chi connectivity index (χ0) is 14.6. The molecule has 0 aromatic carbocycles. The van der Waals surface area contributed by atoms with Crippen molar-refractivity contribution in [2.75, 3.05) is 19.6 Å². The smallest absolute Gasteiger partial charge is 0.252 e. The first-order chi connectivity index (χ1) is 9.57. The second-order valence-electron chi connectivity index (χ2n) is 5.35. The van der Waals surface area contributed by atoms with Crippen LogP contribution in [0, 0.1) is 5.92 Å². The van der Waals surface area contributed by atoms with Gasteiger partial charge in [-0.1, -0.05) is 13.8 Å². The molecule has 0 bridgehead atoms. The molecule has 6 heteroatoms. The third kappa shape index (κ3) is 4.04. The molecule has 20 heavy (non-hydrogen) atoms. The van der Waals surface area contributed by atoms with Crippen LogP contribution in [0.4, 0.5) is 0 Å². The molecule has 0 spiro atoms. The van der Waals surface area contributed by atoms with Crippen LogP contribution in [0.5, 0.6) is 0 Å². The van der Waals surface area contributed by atoms with E-state index in [1.807, 2.05) is 18.4 Å². The van der Waals surface area contributed by atoms with Gasteiger partial charge in [-0.2, -0.15) is 4.31 Å². The minimum atomic E-state index is -3.29. The van der Waals surface area contributed by atoms with Crippen LogP contribution in [0.15, 0.2) is 15.7 Å². The van der Waals surface area contributed by atoms with Crippen LogP contribution in [0.3, 0.4) is 0 Å². The van der Waals surface area contributed by atoms with Gasteiger partial charge in [0.05, 0.1) is 0 Å². The van der Waals surface area contributed by atoms with Crippen molar-refractivity contribution in [3.05, 3.63) is 17.0 Å². The van der Waals surface area contributed by atoms with E-state index in [1.54, 1.807) is 4.31 Å². The van der Waals surface area contributed by atoms with Crippen molar-refractivity contribution in [2.24, 2.45) is 5.92 Å². The van der Waals surface area contributed by atoms with Crippen LogP contribution in [-0.4, -0.2) is 32.4 Å². The van der Waals surface area contributed by atoms with Crippen molar-refractivity contribution in [2.45, 2.75) is 43.9 Å². The van der Waals surface area contributed by atoms with Crippen molar-refractivity contribution in [3.8, 4) is 0 Å². The monoisotopic (exact) mass is 316 g/mol. The Morgan fingerprint density at radius 3 is 2.75 bits per heavy atom. The average Bonchev–Trinajstić information content (AvgIpc) is 3.12. The van der Waals surface area contributed by atoms with Gasteiger partial charge in [0.15, 0.2) is 0 Å². The zero-order valence-corrected chi connectivity index (χ0v) is 13.9. The first-order valence-corrected chi connectivity index (χ1v) is 9.68. The minimum absolute atomic E-state index is 0.480. The van der Waals surface area contributed by atoms with Crippen molar-refractivity contribution in [1.29, 1.82) is 0 Å². The average molecular weight is 316 g/mol. The third-order valence-corrected chi connectivity index (χ3v) is 6.90. The molecule has 0 amide bonds. The van der Waals surface area contributed by atoms with Crippen molar-refractivity contribution in [1.82, 2.24) is 9.62 Å². The van der Waals surface area contributed by atoms with Crippen LogP contribution < -0.4 is 5.32 Å². The normalized spacial score (nSPS) is 15.9. The van der Waals surface area contributed by atoms with Gasteiger partial charge in [0.1, 0.15) is 4.21 Å². The molecule has 0 unspecified atom stereocenters. The number of thiophene rings is 1. The Balaban J connectivity index is 2.03. The molecule has 1 aromatic rings. The van der Waals surface area contributed by atoms with E-state index >= 15 is 0 Å². The fraction of sp³-hybridized carbons (Fsp3) is 0.714. The molecule has 1 aromatic heterocycles. The molecule has 1 saturated carbocycles. The topological polar surface area (TPSA) is 49.4 Å². The Bertz CT molecular complexity index is 521. The maximum atomic E-state index is 12.6. The predicted octanol–water partition coefficient (Wildman–Crippen LogP) is 2.67. The molecule has 4 nitrogen and oxygen atoms in total. The molecule has 0 saturated heterocycles. The number of sulfonamides is 1. The molecule has 0 atom stereocenters. The summed E-state index contributed by atoms with van der Waals surface area (Å²) in [6.45, 7) is 6.97. The van der Waals surface area contributed by atoms with Crippen LogP contribution in [-0.2, 0) is 16.6 Å². The van der Waals surface area contributed by atoms with Gasteiger partial charge in [0.25, 0.3) is 10.0 Å². The molecule has 1 aliphatic carbocycles. The van der Waals surface area contributed by atoms with E-state index in [9.17, 15) is 8.42 Å². The third-order valence-electron chi connectivity index (χ3n) is 3.49. The summed E-state index contributed by atoms with van der Waals surface area (Å²) in [6.07, 6.45) is 3.42. The summed E-state index contributed by atoms with van der Waals surface area (Å²) < 4.78 is 27.3. The number of hydrogen-bond acceptors (Lipinski definition) is 4. The number of hydrogen-bond donors (Lipinski definition) is 1. The van der Waals surface area contributed by atoms with Gasteiger partial charge in [0.2, 0.25) is 0 Å². The first kappa shape index (κ1) is 15.9. The maximum absolute atomic E-state index is 12.6. The van der Waals surface area contributed by atoms with Crippen LogP contribution in [0.25, 0.3) is 0 Å². The van der Waals surface area contributed by atoms with Crippen LogP contribution in [0.1, 0.15) is 38.7 Å². The van der Waals surface area contributed by atoms with E-state index in [1.165, 1.54) is 24.2 Å². The lowest BCUT2D eigenvalue weighted by Gasteiger charge is -2.19. The molecule has 0 aliphatic heterocycles. The molecule has 0 radical (unpaired) electrons. The highest BCUT2D eigenvalue weighted by molar-refractivity contribution is 7.91. The maximum Gasteiger partial charge on any atom is 0.252 e. The number of rotatable bonds is 9. The summed E-state index contributed by atoms with van der Waals surface area (Å²) in [7, 11) is -3.29. The molecule has 1 heterocycles.